The number of hydrogen-bond acceptors (Lipinski definition) is 3. The van der Waals surface area contributed by atoms with Gasteiger partial charge in [0.15, 0.2) is 0 Å². The molecule has 0 unspecified atom stereocenters. The van der Waals surface area contributed by atoms with E-state index in [9.17, 15) is 12.8 Å². The fraction of sp³-hybridized carbons (Fsp3) is 0.357. The molecule has 0 amide bonds. The molecule has 0 aliphatic rings. The lowest BCUT2D eigenvalue weighted by molar-refractivity contribution is 0.580. The third kappa shape index (κ3) is 3.48. The van der Waals surface area contributed by atoms with Gasteiger partial charge in [-0.2, -0.15) is 5.10 Å². The van der Waals surface area contributed by atoms with Gasteiger partial charge in [0.2, 0.25) is 10.0 Å². The summed E-state index contributed by atoms with van der Waals surface area (Å²) in [5.41, 5.74) is 2.39. The predicted octanol–water partition coefficient (Wildman–Crippen LogP) is 2.00. The first kappa shape index (κ1) is 15.7. The molecule has 21 heavy (non-hydrogen) atoms. The van der Waals surface area contributed by atoms with Crippen molar-refractivity contribution in [3.8, 4) is 0 Å². The highest BCUT2D eigenvalue weighted by molar-refractivity contribution is 7.89. The minimum Gasteiger partial charge on any atom is -0.281 e. The van der Waals surface area contributed by atoms with Gasteiger partial charge in [-0.15, -0.1) is 0 Å². The third-order valence-corrected chi connectivity index (χ3v) is 4.98. The van der Waals surface area contributed by atoms with Crippen molar-refractivity contribution in [1.82, 2.24) is 14.9 Å². The molecule has 114 valence electrons. The summed E-state index contributed by atoms with van der Waals surface area (Å²) in [6, 6.07) is 4.77. The zero-order valence-corrected chi connectivity index (χ0v) is 13.0. The van der Waals surface area contributed by atoms with Crippen LogP contribution in [-0.2, 0) is 16.4 Å². The number of hydrogen-bond donors (Lipinski definition) is 2. The smallest absolute Gasteiger partial charge is 0.244 e. The molecule has 0 spiro atoms. The zero-order chi connectivity index (χ0) is 15.6. The molecule has 7 heteroatoms. The molecule has 0 radical (unpaired) electrons. The van der Waals surface area contributed by atoms with Crippen molar-refractivity contribution >= 4 is 10.0 Å². The first-order valence-electron chi connectivity index (χ1n) is 6.57. The number of aryl methyl sites for hydroxylation is 3. The van der Waals surface area contributed by atoms with Crippen molar-refractivity contribution in [2.75, 3.05) is 6.54 Å². The Hall–Kier alpha value is -1.73. The van der Waals surface area contributed by atoms with E-state index in [-0.39, 0.29) is 17.3 Å². The summed E-state index contributed by atoms with van der Waals surface area (Å²) in [5, 5.41) is 6.54. The Morgan fingerprint density at radius 3 is 2.57 bits per heavy atom. The van der Waals surface area contributed by atoms with E-state index in [0.717, 1.165) is 5.56 Å². The van der Waals surface area contributed by atoms with Crippen LogP contribution in [0.5, 0.6) is 0 Å². The molecule has 0 atom stereocenters. The fourth-order valence-electron chi connectivity index (χ4n) is 2.20. The Morgan fingerprint density at radius 1 is 1.29 bits per heavy atom. The van der Waals surface area contributed by atoms with Crippen molar-refractivity contribution in [3.05, 3.63) is 46.5 Å². The Kier molecular flexibility index (Phi) is 4.43. The van der Waals surface area contributed by atoms with E-state index in [2.05, 4.69) is 14.9 Å². The lowest BCUT2D eigenvalue weighted by atomic mass is 10.1. The van der Waals surface area contributed by atoms with Crippen LogP contribution < -0.4 is 4.72 Å². The van der Waals surface area contributed by atoms with Crippen LogP contribution in [0.2, 0.25) is 0 Å². The van der Waals surface area contributed by atoms with Gasteiger partial charge in [-0.05, 0) is 44.4 Å². The average molecular weight is 311 g/mol. The molecule has 1 heterocycles. The van der Waals surface area contributed by atoms with Crippen molar-refractivity contribution < 1.29 is 12.8 Å². The van der Waals surface area contributed by atoms with Crippen molar-refractivity contribution in [3.63, 3.8) is 0 Å². The fourth-order valence-corrected chi connectivity index (χ4v) is 3.60. The van der Waals surface area contributed by atoms with Gasteiger partial charge >= 0.3 is 0 Å². The van der Waals surface area contributed by atoms with Crippen molar-refractivity contribution in [1.29, 1.82) is 0 Å². The molecule has 0 aliphatic heterocycles. The van der Waals surface area contributed by atoms with Crippen molar-refractivity contribution in [2.24, 2.45) is 0 Å². The molecule has 2 N–H and O–H groups in total. The summed E-state index contributed by atoms with van der Waals surface area (Å²) >= 11 is 0. The third-order valence-electron chi connectivity index (χ3n) is 3.26. The second kappa shape index (κ2) is 5.95. The number of rotatable bonds is 5. The molecule has 1 aromatic carbocycles. The van der Waals surface area contributed by atoms with Gasteiger partial charge in [-0.25, -0.2) is 17.5 Å². The highest BCUT2D eigenvalue weighted by Gasteiger charge is 2.21. The molecular weight excluding hydrogens is 293 g/mol. The van der Waals surface area contributed by atoms with Crippen LogP contribution >= 0.6 is 0 Å². The number of aromatic nitrogens is 2. The minimum atomic E-state index is -3.58. The highest BCUT2D eigenvalue weighted by Crippen LogP contribution is 2.16. The summed E-state index contributed by atoms with van der Waals surface area (Å²) in [6.45, 7) is 5.23. The van der Waals surface area contributed by atoms with Gasteiger partial charge in [0.05, 0.1) is 11.4 Å². The number of benzene rings is 1. The molecule has 0 aliphatic carbocycles. The Balaban J connectivity index is 2.04. The second-order valence-corrected chi connectivity index (χ2v) is 6.70. The first-order chi connectivity index (χ1) is 9.81. The van der Waals surface area contributed by atoms with Crippen LogP contribution in [0.15, 0.2) is 23.1 Å². The molecule has 2 rings (SSSR count). The number of nitrogens with zero attached hydrogens (tertiary/aromatic N) is 1. The van der Waals surface area contributed by atoms with E-state index in [1.807, 2.05) is 0 Å². The summed E-state index contributed by atoms with van der Waals surface area (Å²) in [5.74, 6) is -0.260. The van der Waals surface area contributed by atoms with Gasteiger partial charge < -0.3 is 0 Å². The van der Waals surface area contributed by atoms with E-state index in [1.54, 1.807) is 32.9 Å². The lowest BCUT2D eigenvalue weighted by Crippen LogP contribution is -2.26. The maximum atomic E-state index is 13.2. The predicted molar refractivity (Wildman–Crippen MR) is 78.1 cm³/mol. The van der Waals surface area contributed by atoms with Crippen LogP contribution in [0.3, 0.4) is 0 Å². The topological polar surface area (TPSA) is 74.8 Å². The molecule has 1 aromatic heterocycles. The molecule has 0 saturated heterocycles. The largest absolute Gasteiger partial charge is 0.281 e. The standard InChI is InChI=1S/C14H18FN3O2S/c1-9-8-12(4-5-13(9)15)6-7-16-21(19,20)14-10(2)17-18-11(14)3/h4-5,8,16H,6-7H2,1-3H3,(H,17,18). The van der Waals surface area contributed by atoms with Gasteiger partial charge in [0.25, 0.3) is 0 Å². The van der Waals surface area contributed by atoms with Crippen LogP contribution in [0.25, 0.3) is 0 Å². The van der Waals surface area contributed by atoms with E-state index >= 15 is 0 Å². The quantitative estimate of drug-likeness (QED) is 0.887. The van der Waals surface area contributed by atoms with Crippen LogP contribution in [-0.4, -0.2) is 25.2 Å². The molecular formula is C14H18FN3O2S. The average Bonchev–Trinajstić information content (AvgIpc) is 2.74. The molecule has 2 aromatic rings. The second-order valence-electron chi connectivity index (χ2n) is 4.99. The van der Waals surface area contributed by atoms with Crippen LogP contribution in [0.4, 0.5) is 4.39 Å². The number of aromatic amines is 1. The zero-order valence-electron chi connectivity index (χ0n) is 12.2. The van der Waals surface area contributed by atoms with E-state index in [0.29, 0.717) is 23.4 Å². The summed E-state index contributed by atoms with van der Waals surface area (Å²) < 4.78 is 40.1. The number of H-pyrrole nitrogens is 1. The summed E-state index contributed by atoms with van der Waals surface area (Å²) in [7, 11) is -3.58. The molecule has 5 nitrogen and oxygen atoms in total. The Labute approximate surface area is 123 Å². The van der Waals surface area contributed by atoms with Crippen LogP contribution in [0, 0.1) is 26.6 Å². The minimum absolute atomic E-state index is 0.192. The van der Waals surface area contributed by atoms with Gasteiger partial charge in [0.1, 0.15) is 10.7 Å². The number of sulfonamides is 1. The molecule has 0 fully saturated rings. The van der Waals surface area contributed by atoms with E-state index < -0.39 is 10.0 Å². The van der Waals surface area contributed by atoms with Crippen LogP contribution in [0.1, 0.15) is 22.5 Å². The van der Waals surface area contributed by atoms with Gasteiger partial charge in [-0.3, -0.25) is 5.10 Å². The SMILES string of the molecule is Cc1cc(CCNS(=O)(=O)c2c(C)n[nH]c2C)ccc1F. The van der Waals surface area contributed by atoms with E-state index in [4.69, 9.17) is 0 Å². The molecule has 0 bridgehead atoms. The van der Waals surface area contributed by atoms with Gasteiger partial charge in [-0.1, -0.05) is 12.1 Å². The van der Waals surface area contributed by atoms with E-state index in [1.165, 1.54) is 6.07 Å². The highest BCUT2D eigenvalue weighted by atomic mass is 32.2. The maximum Gasteiger partial charge on any atom is 0.244 e. The summed E-state index contributed by atoms with van der Waals surface area (Å²) in [6.07, 6.45) is 0.496. The first-order valence-corrected chi connectivity index (χ1v) is 8.06. The molecule has 0 saturated carbocycles. The monoisotopic (exact) mass is 311 g/mol. The Morgan fingerprint density at radius 2 is 2.00 bits per heavy atom. The number of nitrogens with one attached hydrogen (secondary N) is 2. The van der Waals surface area contributed by atoms with Gasteiger partial charge in [0, 0.05) is 6.54 Å². The van der Waals surface area contributed by atoms with Crippen molar-refractivity contribution in [2.45, 2.75) is 32.1 Å². The Bertz CT molecular complexity index is 734. The number of halogens is 1. The summed E-state index contributed by atoms with van der Waals surface area (Å²) in [4.78, 5) is 0.192. The normalized spacial score (nSPS) is 11.8. The maximum absolute atomic E-state index is 13.2. The lowest BCUT2D eigenvalue weighted by Gasteiger charge is -2.07.